The van der Waals surface area contributed by atoms with Crippen LogP contribution in [-0.2, 0) is 4.74 Å². The zero-order chi connectivity index (χ0) is 19.1. The molecule has 3 heterocycles. The van der Waals surface area contributed by atoms with Gasteiger partial charge in [0, 0.05) is 29.8 Å². The highest BCUT2D eigenvalue weighted by atomic mass is 19.1. The Morgan fingerprint density at radius 2 is 1.81 bits per heavy atom. The number of hydrogen-bond acceptors (Lipinski definition) is 4. The Bertz CT molecular complexity index is 1020. The Labute approximate surface area is 156 Å². The topological polar surface area (TPSA) is 47.9 Å². The molecule has 2 aromatic heterocycles. The molecule has 0 radical (unpaired) electrons. The molecular formula is C21H21F2N3O. The average molecular weight is 369 g/mol. The molecule has 2 atom stereocenters. The summed E-state index contributed by atoms with van der Waals surface area (Å²) >= 11 is 0. The van der Waals surface area contributed by atoms with Gasteiger partial charge in [-0.05, 0) is 51.8 Å². The minimum absolute atomic E-state index is 0.151. The van der Waals surface area contributed by atoms with Crippen LogP contribution in [0.3, 0.4) is 0 Å². The zero-order valence-electron chi connectivity index (χ0n) is 15.6. The van der Waals surface area contributed by atoms with E-state index in [1.807, 2.05) is 26.8 Å². The van der Waals surface area contributed by atoms with Gasteiger partial charge in [0.05, 0.1) is 23.0 Å². The maximum Gasteiger partial charge on any atom is 0.135 e. The highest BCUT2D eigenvalue weighted by Crippen LogP contribution is 2.34. The number of rotatable bonds is 2. The molecular weight excluding hydrogens is 348 g/mol. The Kier molecular flexibility index (Phi) is 4.60. The van der Waals surface area contributed by atoms with Gasteiger partial charge in [0.1, 0.15) is 22.8 Å². The molecule has 1 fully saturated rings. The van der Waals surface area contributed by atoms with E-state index in [4.69, 9.17) is 9.72 Å². The van der Waals surface area contributed by atoms with Gasteiger partial charge < -0.3 is 4.74 Å². The largest absolute Gasteiger partial charge is 0.378 e. The van der Waals surface area contributed by atoms with Crippen molar-refractivity contribution >= 4 is 11.0 Å². The van der Waals surface area contributed by atoms with Crippen molar-refractivity contribution in [2.75, 3.05) is 6.61 Å². The lowest BCUT2D eigenvalue weighted by atomic mass is 9.91. The quantitative estimate of drug-likeness (QED) is 0.647. The van der Waals surface area contributed by atoms with E-state index < -0.39 is 11.6 Å². The van der Waals surface area contributed by atoms with Gasteiger partial charge in [-0.3, -0.25) is 0 Å². The minimum atomic E-state index is -0.652. The van der Waals surface area contributed by atoms with Gasteiger partial charge in [-0.2, -0.15) is 0 Å². The molecule has 0 aliphatic carbocycles. The molecule has 27 heavy (non-hydrogen) atoms. The van der Waals surface area contributed by atoms with Crippen molar-refractivity contribution in [3.63, 3.8) is 0 Å². The number of nitrogens with zero attached hydrogens (tertiary/aromatic N) is 3. The summed E-state index contributed by atoms with van der Waals surface area (Å²) in [6.07, 6.45) is 1.85. The van der Waals surface area contributed by atoms with Gasteiger partial charge in [0.15, 0.2) is 0 Å². The summed E-state index contributed by atoms with van der Waals surface area (Å²) in [5.74, 6) is -1.06. The number of pyridine rings is 1. The molecule has 2 unspecified atom stereocenters. The molecule has 3 aromatic rings. The number of fused-ring (bicyclic) bond motifs is 1. The van der Waals surface area contributed by atoms with Crippen LogP contribution in [-0.4, -0.2) is 27.7 Å². The zero-order valence-corrected chi connectivity index (χ0v) is 15.6. The van der Waals surface area contributed by atoms with Crippen molar-refractivity contribution in [2.45, 2.75) is 45.6 Å². The monoisotopic (exact) mass is 369 g/mol. The number of ether oxygens (including phenoxy) is 1. The van der Waals surface area contributed by atoms with E-state index in [9.17, 15) is 8.78 Å². The lowest BCUT2D eigenvalue weighted by Crippen LogP contribution is -2.22. The predicted octanol–water partition coefficient (Wildman–Crippen LogP) is 4.87. The maximum atomic E-state index is 14.5. The normalized spacial score (nSPS) is 20.2. The van der Waals surface area contributed by atoms with Gasteiger partial charge in [-0.25, -0.2) is 23.7 Å². The molecule has 4 rings (SSSR count). The molecule has 6 heteroatoms. The van der Waals surface area contributed by atoms with Crippen LogP contribution in [0.1, 0.15) is 42.8 Å². The molecule has 1 aliphatic rings. The van der Waals surface area contributed by atoms with Crippen LogP contribution in [0.15, 0.2) is 24.3 Å². The van der Waals surface area contributed by atoms with Crippen LogP contribution in [0.5, 0.6) is 0 Å². The maximum absolute atomic E-state index is 14.5. The molecule has 0 spiro atoms. The van der Waals surface area contributed by atoms with Crippen LogP contribution in [0.2, 0.25) is 0 Å². The number of hydrogen-bond donors (Lipinski definition) is 0. The van der Waals surface area contributed by atoms with E-state index in [2.05, 4.69) is 9.97 Å². The van der Waals surface area contributed by atoms with Gasteiger partial charge in [-0.1, -0.05) is 0 Å². The number of benzene rings is 1. The first kappa shape index (κ1) is 17.9. The van der Waals surface area contributed by atoms with Gasteiger partial charge in [-0.15, -0.1) is 0 Å². The molecule has 0 bridgehead atoms. The smallest absolute Gasteiger partial charge is 0.135 e. The first-order valence-electron chi connectivity index (χ1n) is 9.15. The number of aromatic nitrogens is 3. The molecule has 4 nitrogen and oxygen atoms in total. The van der Waals surface area contributed by atoms with Crippen LogP contribution < -0.4 is 0 Å². The van der Waals surface area contributed by atoms with Crippen molar-refractivity contribution in [3.8, 4) is 11.3 Å². The molecule has 0 amide bonds. The summed E-state index contributed by atoms with van der Waals surface area (Å²) in [6, 6.07) is 5.48. The van der Waals surface area contributed by atoms with Crippen LogP contribution in [0, 0.1) is 25.5 Å². The van der Waals surface area contributed by atoms with Crippen molar-refractivity contribution < 1.29 is 13.5 Å². The van der Waals surface area contributed by atoms with Gasteiger partial charge >= 0.3 is 0 Å². The van der Waals surface area contributed by atoms with Crippen molar-refractivity contribution in [3.05, 3.63) is 53.0 Å². The SMILES string of the molecule is Cc1nc2cc(C3CCOC(C)C3)nc(-c3ccc(F)cc3F)c2nc1C. The highest BCUT2D eigenvalue weighted by molar-refractivity contribution is 5.89. The van der Waals surface area contributed by atoms with Gasteiger partial charge in [0.2, 0.25) is 0 Å². The third kappa shape index (κ3) is 3.41. The number of halogens is 2. The molecule has 1 saturated heterocycles. The van der Waals surface area contributed by atoms with Crippen LogP contribution >= 0.6 is 0 Å². The fraction of sp³-hybridized carbons (Fsp3) is 0.381. The molecule has 1 aliphatic heterocycles. The summed E-state index contributed by atoms with van der Waals surface area (Å²) in [5, 5.41) is 0. The molecule has 0 N–H and O–H groups in total. The summed E-state index contributed by atoms with van der Waals surface area (Å²) in [7, 11) is 0. The number of aryl methyl sites for hydroxylation is 2. The third-order valence-electron chi connectivity index (χ3n) is 5.17. The van der Waals surface area contributed by atoms with E-state index in [1.165, 1.54) is 12.1 Å². The Morgan fingerprint density at radius 3 is 2.56 bits per heavy atom. The first-order chi connectivity index (χ1) is 12.9. The van der Waals surface area contributed by atoms with Crippen LogP contribution in [0.4, 0.5) is 8.78 Å². The fourth-order valence-corrected chi connectivity index (χ4v) is 3.59. The first-order valence-corrected chi connectivity index (χ1v) is 9.15. The Balaban J connectivity index is 1.95. The molecule has 0 saturated carbocycles. The Morgan fingerprint density at radius 1 is 1.04 bits per heavy atom. The van der Waals surface area contributed by atoms with E-state index in [0.29, 0.717) is 23.3 Å². The highest BCUT2D eigenvalue weighted by Gasteiger charge is 2.25. The predicted molar refractivity (Wildman–Crippen MR) is 99.5 cm³/mol. The average Bonchev–Trinajstić information content (AvgIpc) is 2.62. The third-order valence-corrected chi connectivity index (χ3v) is 5.17. The Hall–Kier alpha value is -2.47. The lowest BCUT2D eigenvalue weighted by Gasteiger charge is -2.27. The lowest BCUT2D eigenvalue weighted by molar-refractivity contribution is 0.0180. The fourth-order valence-electron chi connectivity index (χ4n) is 3.59. The van der Waals surface area contributed by atoms with Crippen molar-refractivity contribution in [1.29, 1.82) is 0 Å². The van der Waals surface area contributed by atoms with E-state index in [-0.39, 0.29) is 17.6 Å². The second kappa shape index (κ2) is 6.93. The van der Waals surface area contributed by atoms with Gasteiger partial charge in [0.25, 0.3) is 0 Å². The second-order valence-corrected chi connectivity index (χ2v) is 7.18. The minimum Gasteiger partial charge on any atom is -0.378 e. The summed E-state index contributed by atoms with van der Waals surface area (Å²) in [4.78, 5) is 14.0. The van der Waals surface area contributed by atoms with E-state index in [0.717, 1.165) is 36.0 Å². The summed E-state index contributed by atoms with van der Waals surface area (Å²) in [5.41, 5.74) is 4.31. The standard InChI is InChI=1S/C21H21F2N3O/c1-11-8-14(6-7-27-11)18-10-19-21(25-13(3)12(2)24-19)20(26-18)16-5-4-15(22)9-17(16)23/h4-5,9-11,14H,6-8H2,1-3H3. The van der Waals surface area contributed by atoms with E-state index in [1.54, 1.807) is 0 Å². The molecule has 1 aromatic carbocycles. The summed E-state index contributed by atoms with van der Waals surface area (Å²) < 4.78 is 33.6. The van der Waals surface area contributed by atoms with Crippen molar-refractivity contribution in [1.82, 2.24) is 15.0 Å². The van der Waals surface area contributed by atoms with E-state index >= 15 is 0 Å². The summed E-state index contributed by atoms with van der Waals surface area (Å²) in [6.45, 7) is 6.47. The van der Waals surface area contributed by atoms with Crippen molar-refractivity contribution in [2.24, 2.45) is 0 Å². The molecule has 140 valence electrons. The van der Waals surface area contributed by atoms with Crippen LogP contribution in [0.25, 0.3) is 22.3 Å². The second-order valence-electron chi connectivity index (χ2n) is 7.18.